The van der Waals surface area contributed by atoms with Gasteiger partial charge >= 0.3 is 6.03 Å². The lowest BCUT2D eigenvalue weighted by atomic mass is 10.1. The van der Waals surface area contributed by atoms with Crippen LogP contribution in [0.2, 0.25) is 5.02 Å². The summed E-state index contributed by atoms with van der Waals surface area (Å²) in [6.07, 6.45) is 0.632. The number of anilines is 1. The molecule has 0 aliphatic heterocycles. The van der Waals surface area contributed by atoms with Gasteiger partial charge in [-0.1, -0.05) is 11.6 Å². The van der Waals surface area contributed by atoms with Gasteiger partial charge in [-0.2, -0.15) is 0 Å². The van der Waals surface area contributed by atoms with E-state index in [1.165, 1.54) is 0 Å². The van der Waals surface area contributed by atoms with Crippen LogP contribution < -0.4 is 10.6 Å². The van der Waals surface area contributed by atoms with Crippen LogP contribution >= 0.6 is 11.6 Å². The molecule has 5 rings (SSSR count). The summed E-state index contributed by atoms with van der Waals surface area (Å²) in [4.78, 5) is 11.9. The number of nitrogens with one attached hydrogen (secondary N) is 2. The topological polar surface area (TPSA) is 61.4 Å². The van der Waals surface area contributed by atoms with Crippen LogP contribution in [0.4, 0.5) is 10.5 Å². The van der Waals surface area contributed by atoms with E-state index >= 15 is 0 Å². The Kier molecular flexibility index (Phi) is 1.89. The number of hydrogen-bond donors (Lipinski definition) is 3. The summed E-state index contributed by atoms with van der Waals surface area (Å²) in [6, 6.07) is 6.81. The third-order valence-corrected chi connectivity index (χ3v) is 4.91. The Balaban J connectivity index is 1.40. The highest BCUT2D eigenvalue weighted by molar-refractivity contribution is 6.30. The first-order valence-corrected chi connectivity index (χ1v) is 6.53. The van der Waals surface area contributed by atoms with Crippen molar-refractivity contribution in [3.63, 3.8) is 0 Å². The molecule has 94 valence electrons. The van der Waals surface area contributed by atoms with Crippen LogP contribution in [0.1, 0.15) is 6.42 Å². The summed E-state index contributed by atoms with van der Waals surface area (Å²) < 4.78 is 0. The van der Waals surface area contributed by atoms with Crippen molar-refractivity contribution < 1.29 is 9.90 Å². The summed E-state index contributed by atoms with van der Waals surface area (Å²) >= 11 is 5.78. The molecule has 3 N–H and O–H groups in total. The standard InChI is InChI=1S/C13H13ClN2O2/c14-6-1-3-7(4-2-6)15-12(18)16-13-8-5-9(17)11(13)10(8)13/h1-4,8-11,17H,5H2,(H2,15,16,18)/t8?,9?,10-,11?,13+/m0/s1. The van der Waals surface area contributed by atoms with E-state index in [0.717, 1.165) is 12.1 Å². The van der Waals surface area contributed by atoms with Crippen molar-refractivity contribution in [3.05, 3.63) is 29.3 Å². The van der Waals surface area contributed by atoms with Crippen molar-refractivity contribution >= 4 is 23.3 Å². The van der Waals surface area contributed by atoms with Crippen LogP contribution in [0, 0.1) is 17.8 Å². The van der Waals surface area contributed by atoms with Gasteiger partial charge in [0.2, 0.25) is 0 Å². The Hall–Kier alpha value is -1.26. The third-order valence-electron chi connectivity index (χ3n) is 4.66. The van der Waals surface area contributed by atoms with E-state index in [4.69, 9.17) is 11.6 Å². The quantitative estimate of drug-likeness (QED) is 0.763. The highest BCUT2D eigenvalue weighted by Crippen LogP contribution is 2.84. The van der Waals surface area contributed by atoms with Crippen molar-refractivity contribution in [1.82, 2.24) is 5.32 Å². The fourth-order valence-electron chi connectivity index (χ4n) is 3.81. The maximum Gasteiger partial charge on any atom is 0.319 e. The molecule has 4 fully saturated rings. The Bertz CT molecular complexity index is 526. The highest BCUT2D eigenvalue weighted by Gasteiger charge is 2.93. The van der Waals surface area contributed by atoms with Crippen molar-refractivity contribution in [2.45, 2.75) is 18.1 Å². The molecule has 5 atom stereocenters. The zero-order chi connectivity index (χ0) is 12.5. The van der Waals surface area contributed by atoms with Gasteiger partial charge in [0.05, 0.1) is 11.6 Å². The predicted octanol–water partition coefficient (Wildman–Crippen LogP) is 1.84. The SMILES string of the molecule is O=C(Nc1ccc(Cl)cc1)N[C@@]12C3CC(O)C1[C@H]32. The van der Waals surface area contributed by atoms with E-state index in [1.54, 1.807) is 24.3 Å². The molecule has 0 heterocycles. The molecule has 18 heavy (non-hydrogen) atoms. The molecule has 4 aliphatic carbocycles. The van der Waals surface area contributed by atoms with Crippen LogP contribution in [0.25, 0.3) is 0 Å². The minimum absolute atomic E-state index is 0.0735. The van der Waals surface area contributed by atoms with Gasteiger partial charge in [-0.05, 0) is 42.5 Å². The molecule has 2 bridgehead atoms. The first-order chi connectivity index (χ1) is 8.63. The Labute approximate surface area is 109 Å². The lowest BCUT2D eigenvalue weighted by Gasteiger charge is -2.12. The van der Waals surface area contributed by atoms with Crippen LogP contribution in [0.5, 0.6) is 0 Å². The van der Waals surface area contributed by atoms with Crippen LogP contribution in [0.3, 0.4) is 0 Å². The summed E-state index contributed by atoms with van der Waals surface area (Å²) in [6.45, 7) is 0. The number of fused-ring (bicyclic) bond motifs is 1. The monoisotopic (exact) mass is 264 g/mol. The molecular weight excluding hydrogens is 252 g/mol. The zero-order valence-electron chi connectivity index (χ0n) is 9.56. The van der Waals surface area contributed by atoms with E-state index in [1.807, 2.05) is 0 Å². The first-order valence-electron chi connectivity index (χ1n) is 6.16. The average Bonchev–Trinajstić information content (AvgIpc) is 3.03. The number of halogens is 1. The molecule has 4 saturated carbocycles. The highest BCUT2D eigenvalue weighted by atomic mass is 35.5. The normalized spacial score (nSPS) is 42.1. The molecule has 1 aromatic rings. The van der Waals surface area contributed by atoms with Gasteiger partial charge in [0.25, 0.3) is 0 Å². The second kappa shape index (κ2) is 3.19. The summed E-state index contributed by atoms with van der Waals surface area (Å²) in [7, 11) is 0. The molecule has 0 saturated heterocycles. The molecule has 0 aromatic heterocycles. The number of carbonyl (C=O) groups is 1. The summed E-state index contributed by atoms with van der Waals surface area (Å²) in [5, 5.41) is 16.1. The zero-order valence-corrected chi connectivity index (χ0v) is 10.3. The van der Waals surface area contributed by atoms with Gasteiger partial charge in [-0.25, -0.2) is 4.79 Å². The van der Waals surface area contributed by atoms with Crippen molar-refractivity contribution in [1.29, 1.82) is 0 Å². The fourth-order valence-corrected chi connectivity index (χ4v) is 3.94. The van der Waals surface area contributed by atoms with Gasteiger partial charge < -0.3 is 15.7 Å². The number of hydrogen-bond acceptors (Lipinski definition) is 2. The lowest BCUT2D eigenvalue weighted by molar-refractivity contribution is 0.166. The number of aliphatic hydroxyl groups excluding tert-OH is 1. The van der Waals surface area contributed by atoms with E-state index in [-0.39, 0.29) is 17.7 Å². The number of benzene rings is 1. The van der Waals surface area contributed by atoms with Gasteiger partial charge in [0.15, 0.2) is 0 Å². The van der Waals surface area contributed by atoms with Gasteiger partial charge in [-0.15, -0.1) is 0 Å². The lowest BCUT2D eigenvalue weighted by Crippen LogP contribution is -2.38. The number of carbonyl (C=O) groups excluding carboxylic acids is 1. The molecule has 1 aromatic carbocycles. The second-order valence-electron chi connectivity index (χ2n) is 5.48. The van der Waals surface area contributed by atoms with E-state index in [9.17, 15) is 9.90 Å². The Morgan fingerprint density at radius 3 is 2.61 bits per heavy atom. The first kappa shape index (κ1) is 10.6. The summed E-state index contributed by atoms with van der Waals surface area (Å²) in [5.74, 6) is 1.34. The third kappa shape index (κ3) is 1.22. The number of amides is 2. The molecule has 4 nitrogen and oxygen atoms in total. The Morgan fingerprint density at radius 2 is 2.06 bits per heavy atom. The van der Waals surface area contributed by atoms with Crippen molar-refractivity contribution in [3.8, 4) is 0 Å². The minimum Gasteiger partial charge on any atom is -0.393 e. The molecule has 3 unspecified atom stereocenters. The molecule has 0 radical (unpaired) electrons. The van der Waals surface area contributed by atoms with Gasteiger partial charge in [-0.3, -0.25) is 0 Å². The second-order valence-corrected chi connectivity index (χ2v) is 5.92. The number of rotatable bonds is 2. The van der Waals surface area contributed by atoms with E-state index in [0.29, 0.717) is 22.8 Å². The molecule has 2 amide bonds. The molecule has 4 aliphatic rings. The Morgan fingerprint density at radius 1 is 1.33 bits per heavy atom. The van der Waals surface area contributed by atoms with Crippen LogP contribution in [0.15, 0.2) is 24.3 Å². The summed E-state index contributed by atoms with van der Waals surface area (Å²) in [5.41, 5.74) is 0.648. The van der Waals surface area contributed by atoms with Crippen molar-refractivity contribution in [2.75, 3.05) is 5.32 Å². The number of aliphatic hydroxyl groups is 1. The number of urea groups is 1. The van der Waals surface area contributed by atoms with Gasteiger partial charge in [0, 0.05) is 16.6 Å². The largest absolute Gasteiger partial charge is 0.393 e. The maximum absolute atomic E-state index is 11.9. The molecular formula is C13H13ClN2O2. The van der Waals surface area contributed by atoms with Crippen molar-refractivity contribution in [2.24, 2.45) is 17.8 Å². The van der Waals surface area contributed by atoms with Crippen LogP contribution in [-0.4, -0.2) is 22.8 Å². The minimum atomic E-state index is -0.212. The van der Waals surface area contributed by atoms with E-state index < -0.39 is 0 Å². The smallest absolute Gasteiger partial charge is 0.319 e. The molecule has 5 heteroatoms. The fraction of sp³-hybridized carbons (Fsp3) is 0.462. The predicted molar refractivity (Wildman–Crippen MR) is 67.4 cm³/mol. The van der Waals surface area contributed by atoms with Gasteiger partial charge in [0.1, 0.15) is 0 Å². The van der Waals surface area contributed by atoms with E-state index in [2.05, 4.69) is 10.6 Å². The molecule has 0 spiro atoms. The average molecular weight is 265 g/mol. The maximum atomic E-state index is 11.9. The van der Waals surface area contributed by atoms with Crippen LogP contribution in [-0.2, 0) is 0 Å².